The maximum absolute atomic E-state index is 11.0. The van der Waals surface area contributed by atoms with Gasteiger partial charge in [0, 0.05) is 0 Å². The molecule has 0 saturated carbocycles. The number of carbonyl (C=O) groups is 1. The van der Waals surface area contributed by atoms with Crippen molar-refractivity contribution in [1.29, 1.82) is 0 Å². The number of nitrogens with one attached hydrogen (secondary N) is 1. The summed E-state index contributed by atoms with van der Waals surface area (Å²) in [6, 6.07) is 6.42. The van der Waals surface area contributed by atoms with Gasteiger partial charge in [-0.25, -0.2) is 0 Å². The Hall–Kier alpha value is -1.55. The molecule has 1 atom stereocenters. The Morgan fingerprint density at radius 3 is 2.62 bits per heavy atom. The molecule has 88 valence electrons. The summed E-state index contributed by atoms with van der Waals surface area (Å²) in [6.07, 6.45) is 0.0770. The second-order valence-corrected chi connectivity index (χ2v) is 3.80. The van der Waals surface area contributed by atoms with Crippen LogP contribution in [0.5, 0.6) is 5.75 Å². The Morgan fingerprint density at radius 2 is 2.12 bits per heavy atom. The average Bonchev–Trinajstić information content (AvgIpc) is 2.17. The zero-order valence-electron chi connectivity index (χ0n) is 9.73. The van der Waals surface area contributed by atoms with Gasteiger partial charge < -0.3 is 15.2 Å². The van der Waals surface area contributed by atoms with Crippen LogP contribution in [-0.4, -0.2) is 24.2 Å². The molecular weight excluding hydrogens is 206 g/mol. The monoisotopic (exact) mass is 223 g/mol. The third kappa shape index (κ3) is 3.24. The Labute approximate surface area is 95.2 Å². The molecule has 0 heterocycles. The van der Waals surface area contributed by atoms with Gasteiger partial charge in [0.05, 0.1) is 6.10 Å². The quantitative estimate of drug-likeness (QED) is 0.799. The number of rotatable bonds is 5. The molecule has 1 aromatic rings. The van der Waals surface area contributed by atoms with E-state index in [1.54, 1.807) is 25.2 Å². The molecule has 0 fully saturated rings. The molecule has 1 unspecified atom stereocenters. The number of carboxylic acids is 1. The van der Waals surface area contributed by atoms with Gasteiger partial charge in [0.15, 0.2) is 0 Å². The topological polar surface area (TPSA) is 58.6 Å². The second-order valence-electron chi connectivity index (χ2n) is 3.80. The van der Waals surface area contributed by atoms with Crippen molar-refractivity contribution in [2.45, 2.75) is 26.0 Å². The van der Waals surface area contributed by atoms with Crippen LogP contribution in [0.15, 0.2) is 24.3 Å². The molecular formula is C12H17NO3. The number of ether oxygens (including phenoxy) is 1. The lowest BCUT2D eigenvalue weighted by atomic mass is 10.1. The van der Waals surface area contributed by atoms with E-state index in [2.05, 4.69) is 5.32 Å². The van der Waals surface area contributed by atoms with Gasteiger partial charge in [0.1, 0.15) is 11.8 Å². The van der Waals surface area contributed by atoms with E-state index in [9.17, 15) is 4.79 Å². The van der Waals surface area contributed by atoms with Gasteiger partial charge in [0.25, 0.3) is 0 Å². The average molecular weight is 223 g/mol. The van der Waals surface area contributed by atoms with Gasteiger partial charge >= 0.3 is 5.97 Å². The Kier molecular flexibility index (Phi) is 4.31. The van der Waals surface area contributed by atoms with Gasteiger partial charge in [0.2, 0.25) is 0 Å². The lowest BCUT2D eigenvalue weighted by Crippen LogP contribution is -2.24. The minimum atomic E-state index is -0.899. The van der Waals surface area contributed by atoms with Gasteiger partial charge in [-0.1, -0.05) is 12.1 Å². The summed E-state index contributed by atoms with van der Waals surface area (Å²) >= 11 is 0. The van der Waals surface area contributed by atoms with Gasteiger partial charge in [-0.05, 0) is 38.6 Å². The highest BCUT2D eigenvalue weighted by Crippen LogP contribution is 2.20. The highest BCUT2D eigenvalue weighted by molar-refractivity contribution is 5.75. The molecule has 0 aliphatic rings. The fourth-order valence-electron chi connectivity index (χ4n) is 1.47. The zero-order valence-corrected chi connectivity index (χ0v) is 9.73. The third-order valence-electron chi connectivity index (χ3n) is 2.10. The molecule has 0 aliphatic heterocycles. The number of aliphatic carboxylic acids is 1. The largest absolute Gasteiger partial charge is 0.491 e. The summed E-state index contributed by atoms with van der Waals surface area (Å²) in [5.74, 6) is -0.210. The molecule has 0 bridgehead atoms. The summed E-state index contributed by atoms with van der Waals surface area (Å²) in [7, 11) is 1.62. The minimum Gasteiger partial charge on any atom is -0.491 e. The maximum atomic E-state index is 11.0. The molecule has 0 amide bonds. The van der Waals surface area contributed by atoms with E-state index in [4.69, 9.17) is 9.84 Å². The number of carboxylic acid groups (broad SMARTS) is 1. The second kappa shape index (κ2) is 5.51. The molecule has 1 rings (SSSR count). The SMILES string of the molecule is CNC(C(=O)O)c1cccc(OC(C)C)c1. The van der Waals surface area contributed by atoms with Crippen molar-refractivity contribution in [2.75, 3.05) is 7.05 Å². The number of hydrogen-bond donors (Lipinski definition) is 2. The van der Waals surface area contributed by atoms with Crippen LogP contribution < -0.4 is 10.1 Å². The summed E-state index contributed by atoms with van der Waals surface area (Å²) in [5.41, 5.74) is 0.688. The lowest BCUT2D eigenvalue weighted by molar-refractivity contribution is -0.139. The van der Waals surface area contributed by atoms with Crippen LogP contribution in [0.4, 0.5) is 0 Å². The Morgan fingerprint density at radius 1 is 1.44 bits per heavy atom. The third-order valence-corrected chi connectivity index (χ3v) is 2.10. The zero-order chi connectivity index (χ0) is 12.1. The molecule has 0 saturated heterocycles. The van der Waals surface area contributed by atoms with Crippen molar-refractivity contribution in [3.05, 3.63) is 29.8 Å². The van der Waals surface area contributed by atoms with Crippen molar-refractivity contribution >= 4 is 5.97 Å². The highest BCUT2D eigenvalue weighted by Gasteiger charge is 2.17. The van der Waals surface area contributed by atoms with E-state index >= 15 is 0 Å². The standard InChI is InChI=1S/C12H17NO3/c1-8(2)16-10-6-4-5-9(7-10)11(13-3)12(14)15/h4-8,11,13H,1-3H3,(H,14,15). The van der Waals surface area contributed by atoms with Gasteiger partial charge in [-0.2, -0.15) is 0 Å². The van der Waals surface area contributed by atoms with Crippen LogP contribution in [0.3, 0.4) is 0 Å². The summed E-state index contributed by atoms with van der Waals surface area (Å²) in [6.45, 7) is 3.86. The van der Waals surface area contributed by atoms with Crippen molar-refractivity contribution in [3.63, 3.8) is 0 Å². The predicted octanol–water partition coefficient (Wildman–Crippen LogP) is 1.82. The molecule has 0 radical (unpaired) electrons. The molecule has 4 nitrogen and oxygen atoms in total. The van der Waals surface area contributed by atoms with Gasteiger partial charge in [-0.15, -0.1) is 0 Å². The van der Waals surface area contributed by atoms with E-state index in [1.165, 1.54) is 0 Å². The van der Waals surface area contributed by atoms with Crippen molar-refractivity contribution in [1.82, 2.24) is 5.32 Å². The number of benzene rings is 1. The predicted molar refractivity (Wildman–Crippen MR) is 61.6 cm³/mol. The van der Waals surface area contributed by atoms with Crippen LogP contribution in [0.1, 0.15) is 25.5 Å². The molecule has 0 aliphatic carbocycles. The molecule has 1 aromatic carbocycles. The molecule has 0 spiro atoms. The minimum absolute atomic E-state index is 0.0770. The van der Waals surface area contributed by atoms with Crippen LogP contribution in [0.2, 0.25) is 0 Å². The first-order chi connectivity index (χ1) is 7.54. The maximum Gasteiger partial charge on any atom is 0.325 e. The Bertz CT molecular complexity index is 363. The van der Waals surface area contributed by atoms with Gasteiger partial charge in [-0.3, -0.25) is 4.79 Å². The fourth-order valence-corrected chi connectivity index (χ4v) is 1.47. The normalized spacial score (nSPS) is 12.5. The van der Waals surface area contributed by atoms with Crippen molar-refractivity contribution in [3.8, 4) is 5.75 Å². The van der Waals surface area contributed by atoms with E-state index in [0.29, 0.717) is 11.3 Å². The van der Waals surface area contributed by atoms with Crippen LogP contribution in [-0.2, 0) is 4.79 Å². The highest BCUT2D eigenvalue weighted by atomic mass is 16.5. The van der Waals surface area contributed by atoms with Crippen LogP contribution >= 0.6 is 0 Å². The van der Waals surface area contributed by atoms with E-state index < -0.39 is 12.0 Å². The molecule has 4 heteroatoms. The van der Waals surface area contributed by atoms with E-state index in [0.717, 1.165) is 0 Å². The van der Waals surface area contributed by atoms with E-state index in [-0.39, 0.29) is 6.10 Å². The molecule has 0 aromatic heterocycles. The fraction of sp³-hybridized carbons (Fsp3) is 0.417. The van der Waals surface area contributed by atoms with Crippen LogP contribution in [0.25, 0.3) is 0 Å². The number of likely N-dealkylation sites (N-methyl/N-ethyl adjacent to an activating group) is 1. The van der Waals surface area contributed by atoms with E-state index in [1.807, 2.05) is 19.9 Å². The summed E-state index contributed by atoms with van der Waals surface area (Å²) in [4.78, 5) is 11.0. The van der Waals surface area contributed by atoms with Crippen molar-refractivity contribution in [2.24, 2.45) is 0 Å². The molecule has 2 N–H and O–H groups in total. The number of hydrogen-bond acceptors (Lipinski definition) is 3. The first-order valence-corrected chi connectivity index (χ1v) is 5.21. The first kappa shape index (κ1) is 12.5. The lowest BCUT2D eigenvalue weighted by Gasteiger charge is -2.14. The summed E-state index contributed by atoms with van der Waals surface area (Å²) < 4.78 is 5.51. The first-order valence-electron chi connectivity index (χ1n) is 5.21. The smallest absolute Gasteiger partial charge is 0.325 e. The molecule has 16 heavy (non-hydrogen) atoms. The van der Waals surface area contributed by atoms with Crippen molar-refractivity contribution < 1.29 is 14.6 Å². The Balaban J connectivity index is 2.92. The van der Waals surface area contributed by atoms with Crippen LogP contribution in [0, 0.1) is 0 Å². The summed E-state index contributed by atoms with van der Waals surface area (Å²) in [5, 5.41) is 11.7.